The summed E-state index contributed by atoms with van der Waals surface area (Å²) in [5.41, 5.74) is 3.97. The van der Waals surface area contributed by atoms with Crippen LogP contribution in [0.1, 0.15) is 28.8 Å². The predicted molar refractivity (Wildman–Crippen MR) is 133 cm³/mol. The van der Waals surface area contributed by atoms with E-state index in [1.165, 1.54) is 25.1 Å². The summed E-state index contributed by atoms with van der Waals surface area (Å²) >= 11 is 0. The second kappa shape index (κ2) is 8.65. The molecule has 198 valence electrons. The molecule has 8 atom stereocenters. The van der Waals surface area contributed by atoms with Gasteiger partial charge in [-0.1, -0.05) is 43.3 Å². The number of carbonyl (C=O) groups excluding carboxylic acids is 5. The average Bonchev–Trinajstić information content (AvgIpc) is 2.86. The maximum Gasteiger partial charge on any atom is 0.235 e. The van der Waals surface area contributed by atoms with Crippen molar-refractivity contribution in [2.45, 2.75) is 30.6 Å². The minimum absolute atomic E-state index is 0.127. The molecule has 2 aromatic carbocycles. The Bertz CT molecular complexity index is 1400. The van der Waals surface area contributed by atoms with E-state index >= 15 is 0 Å². The maximum atomic E-state index is 14.0. The van der Waals surface area contributed by atoms with Crippen LogP contribution in [-0.4, -0.2) is 81.1 Å². The smallest absolute Gasteiger partial charge is 0.235 e. The highest BCUT2D eigenvalue weighted by molar-refractivity contribution is 6.32. The second-order valence-corrected chi connectivity index (χ2v) is 10.7. The van der Waals surface area contributed by atoms with Crippen molar-refractivity contribution in [2.24, 2.45) is 29.4 Å². The number of primary amides is 1. The van der Waals surface area contributed by atoms with Gasteiger partial charge in [-0.05, 0) is 42.8 Å². The van der Waals surface area contributed by atoms with Gasteiger partial charge in [0, 0.05) is 5.92 Å². The number of benzene rings is 2. The zero-order chi connectivity index (χ0) is 27.8. The number of amides is 1. The lowest BCUT2D eigenvalue weighted by Gasteiger charge is -2.56. The van der Waals surface area contributed by atoms with Gasteiger partial charge >= 0.3 is 0 Å². The third-order valence-corrected chi connectivity index (χ3v) is 8.55. The summed E-state index contributed by atoms with van der Waals surface area (Å²) < 4.78 is 0. The number of aromatic hydroxyl groups is 1. The van der Waals surface area contributed by atoms with Gasteiger partial charge in [0.1, 0.15) is 5.75 Å². The van der Waals surface area contributed by atoms with Crippen LogP contribution in [0.15, 0.2) is 42.5 Å². The first-order chi connectivity index (χ1) is 17.8. The summed E-state index contributed by atoms with van der Waals surface area (Å²) in [5.74, 6) is -13.4. The first-order valence-electron chi connectivity index (χ1n) is 12.3. The van der Waals surface area contributed by atoms with Crippen molar-refractivity contribution in [3.8, 4) is 16.9 Å². The van der Waals surface area contributed by atoms with E-state index in [9.17, 15) is 39.3 Å². The lowest BCUT2D eigenvalue weighted by molar-refractivity contribution is -0.196. The molecule has 38 heavy (non-hydrogen) atoms. The molecule has 0 saturated heterocycles. The van der Waals surface area contributed by atoms with Gasteiger partial charge in [0.15, 0.2) is 34.7 Å². The largest absolute Gasteiger partial charge is 0.507 e. The third-order valence-electron chi connectivity index (χ3n) is 8.55. The molecule has 0 aliphatic heterocycles. The monoisotopic (exact) mass is 520 g/mol. The number of hydrogen-bond donors (Lipinski definition) is 4. The predicted octanol–water partition coefficient (Wildman–Crippen LogP) is 0.0658. The van der Waals surface area contributed by atoms with Crippen LogP contribution in [0.4, 0.5) is 0 Å². The third kappa shape index (κ3) is 3.20. The Morgan fingerprint density at radius 1 is 1.00 bits per heavy atom. The van der Waals surface area contributed by atoms with Crippen LogP contribution < -0.4 is 5.73 Å². The molecule has 3 aliphatic rings. The van der Waals surface area contributed by atoms with Gasteiger partial charge in [0.05, 0.1) is 29.5 Å². The fraction of sp³-hybridized carbons (Fsp3) is 0.393. The van der Waals surface area contributed by atoms with Crippen LogP contribution in [0, 0.1) is 23.7 Å². The molecule has 8 unspecified atom stereocenters. The SMILES string of the molecule is CC1c2c(-c3ccccc3)ccc(O)c2C(=O)C2C(=O)C3(O)C(=O)C(C(N)=O)C(=O)C(N(C)C)C3C(O)C21. The fourth-order valence-electron chi connectivity index (χ4n) is 6.94. The van der Waals surface area contributed by atoms with E-state index in [1.54, 1.807) is 13.0 Å². The number of fused-ring (bicyclic) bond motifs is 3. The van der Waals surface area contributed by atoms with Gasteiger partial charge < -0.3 is 21.1 Å². The zero-order valence-corrected chi connectivity index (χ0v) is 21.0. The Kier molecular flexibility index (Phi) is 5.90. The first-order valence-corrected chi connectivity index (χ1v) is 12.3. The Hall–Kier alpha value is -3.73. The summed E-state index contributed by atoms with van der Waals surface area (Å²) in [7, 11) is 2.91. The Labute approximate surface area is 218 Å². The summed E-state index contributed by atoms with van der Waals surface area (Å²) in [6.45, 7) is 1.69. The molecule has 1 amide bonds. The van der Waals surface area contributed by atoms with Gasteiger partial charge in [-0.3, -0.25) is 28.9 Å². The van der Waals surface area contributed by atoms with Crippen LogP contribution in [-0.2, 0) is 19.2 Å². The Morgan fingerprint density at radius 3 is 2.21 bits per heavy atom. The van der Waals surface area contributed by atoms with Gasteiger partial charge in [0.2, 0.25) is 5.91 Å². The number of nitrogens with zero attached hydrogens (tertiary/aromatic N) is 1. The second-order valence-electron chi connectivity index (χ2n) is 10.7. The normalized spacial score (nSPS) is 34.5. The van der Waals surface area contributed by atoms with Crippen LogP contribution in [0.5, 0.6) is 5.75 Å². The molecule has 2 fully saturated rings. The van der Waals surface area contributed by atoms with Crippen molar-refractivity contribution in [3.05, 3.63) is 53.6 Å². The Balaban J connectivity index is 1.75. The van der Waals surface area contributed by atoms with Crippen molar-refractivity contribution in [3.63, 3.8) is 0 Å². The number of phenols is 1. The van der Waals surface area contributed by atoms with Crippen molar-refractivity contribution in [1.82, 2.24) is 4.90 Å². The van der Waals surface area contributed by atoms with Gasteiger partial charge in [-0.15, -0.1) is 0 Å². The van der Waals surface area contributed by atoms with E-state index in [2.05, 4.69) is 0 Å². The number of hydrogen-bond acceptors (Lipinski definition) is 9. The number of aliphatic hydroxyl groups is 2. The van der Waals surface area contributed by atoms with E-state index in [1.807, 2.05) is 30.3 Å². The number of likely N-dealkylation sites (N-methyl/N-ethyl adjacent to an activating group) is 1. The lowest BCUT2D eigenvalue weighted by atomic mass is 9.49. The number of phenolic OH excluding ortho intramolecular Hbond substituents is 1. The molecule has 2 saturated carbocycles. The number of nitrogens with two attached hydrogens (primary N) is 1. The standard InChI is InChI=1S/C28H28N2O8/c1-11-15-13(12-7-5-4-6-8-12)9-10-14(31)17(15)22(32)18-16(11)23(33)20-21(30(2)3)24(34)19(27(29)37)26(36)28(20,38)25(18)35/h4-11,16,18-21,23,31,33,38H,1-3H3,(H2,29,37). The number of ketones is 4. The first kappa shape index (κ1) is 25.9. The van der Waals surface area contributed by atoms with Crippen molar-refractivity contribution in [1.29, 1.82) is 0 Å². The van der Waals surface area contributed by atoms with Crippen molar-refractivity contribution in [2.75, 3.05) is 14.1 Å². The molecule has 10 heteroatoms. The highest BCUT2D eigenvalue weighted by Gasteiger charge is 2.73. The molecule has 5 rings (SSSR count). The highest BCUT2D eigenvalue weighted by atomic mass is 16.3. The zero-order valence-electron chi connectivity index (χ0n) is 21.0. The van der Waals surface area contributed by atoms with Gasteiger partial charge in [0.25, 0.3) is 0 Å². The molecule has 0 radical (unpaired) electrons. The summed E-state index contributed by atoms with van der Waals surface area (Å²) in [6.07, 6.45) is -1.67. The fourth-order valence-corrected chi connectivity index (χ4v) is 6.94. The molecule has 2 aromatic rings. The lowest BCUT2D eigenvalue weighted by Crippen LogP contribution is -2.77. The molecule has 0 heterocycles. The van der Waals surface area contributed by atoms with E-state index < -0.39 is 76.4 Å². The van der Waals surface area contributed by atoms with E-state index in [-0.39, 0.29) is 11.3 Å². The van der Waals surface area contributed by atoms with Crippen LogP contribution >= 0.6 is 0 Å². The molecule has 0 bridgehead atoms. The minimum Gasteiger partial charge on any atom is -0.507 e. The Morgan fingerprint density at radius 2 is 1.63 bits per heavy atom. The maximum absolute atomic E-state index is 14.0. The van der Waals surface area contributed by atoms with E-state index in [4.69, 9.17) is 5.73 Å². The number of carbonyl (C=O) groups is 5. The molecule has 5 N–H and O–H groups in total. The van der Waals surface area contributed by atoms with Gasteiger partial charge in [-0.2, -0.15) is 0 Å². The van der Waals surface area contributed by atoms with Crippen LogP contribution in [0.25, 0.3) is 11.1 Å². The molecular formula is C28H28N2O8. The molecule has 0 aromatic heterocycles. The van der Waals surface area contributed by atoms with Crippen LogP contribution in [0.2, 0.25) is 0 Å². The quantitative estimate of drug-likeness (QED) is 0.408. The topological polar surface area (TPSA) is 175 Å². The number of Topliss-reactive ketones (excluding diaryl/α,β-unsaturated/α-hetero) is 4. The summed E-state index contributed by atoms with van der Waals surface area (Å²) in [6, 6.07) is 10.7. The van der Waals surface area contributed by atoms with Crippen molar-refractivity contribution < 1.29 is 39.3 Å². The van der Waals surface area contributed by atoms with E-state index in [0.29, 0.717) is 11.1 Å². The molecular weight excluding hydrogens is 492 g/mol. The highest BCUT2D eigenvalue weighted by Crippen LogP contribution is 2.55. The summed E-state index contributed by atoms with van der Waals surface area (Å²) in [4.78, 5) is 67.9. The van der Waals surface area contributed by atoms with E-state index in [0.717, 1.165) is 5.56 Å². The molecule has 10 nitrogen and oxygen atoms in total. The minimum atomic E-state index is -3.01. The molecule has 3 aliphatic carbocycles. The number of rotatable bonds is 3. The van der Waals surface area contributed by atoms with Gasteiger partial charge in [-0.25, -0.2) is 0 Å². The van der Waals surface area contributed by atoms with Crippen molar-refractivity contribution >= 4 is 29.0 Å². The summed E-state index contributed by atoms with van der Waals surface area (Å²) in [5, 5.41) is 34.2. The average molecular weight is 521 g/mol. The van der Waals surface area contributed by atoms with Crippen LogP contribution in [0.3, 0.4) is 0 Å². The number of aliphatic hydroxyl groups excluding tert-OH is 1. The molecule has 0 spiro atoms.